The molecule has 2 aliphatic heterocycles. The van der Waals surface area contributed by atoms with E-state index in [0.29, 0.717) is 17.1 Å². The Bertz CT molecular complexity index is 1520. The summed E-state index contributed by atoms with van der Waals surface area (Å²) in [6.07, 6.45) is -0.241. The highest BCUT2D eigenvalue weighted by atomic mass is 16.6. The number of H-pyrrole nitrogens is 1. The molecular weight excluding hydrogens is 472 g/mol. The second-order valence-electron chi connectivity index (χ2n) is 9.32. The Labute approximate surface area is 212 Å². The fourth-order valence-corrected chi connectivity index (χ4v) is 5.32. The van der Waals surface area contributed by atoms with Crippen molar-refractivity contribution in [2.24, 2.45) is 0 Å². The van der Waals surface area contributed by atoms with Crippen LogP contribution in [0.25, 0.3) is 0 Å². The summed E-state index contributed by atoms with van der Waals surface area (Å²) < 4.78 is 20.8. The van der Waals surface area contributed by atoms with Gasteiger partial charge in [-0.1, -0.05) is 66.7 Å². The average Bonchev–Trinajstić information content (AvgIpc) is 3.33. The van der Waals surface area contributed by atoms with Crippen molar-refractivity contribution < 1.29 is 19.3 Å². The first-order valence-corrected chi connectivity index (χ1v) is 12.2. The summed E-state index contributed by atoms with van der Waals surface area (Å²) in [7, 11) is 0. The Morgan fingerprint density at radius 1 is 0.973 bits per heavy atom. The number of nitrogens with zero attached hydrogens (tertiary/aromatic N) is 1. The second-order valence-corrected chi connectivity index (χ2v) is 9.32. The van der Waals surface area contributed by atoms with Gasteiger partial charge >= 0.3 is 5.69 Å². The third-order valence-corrected chi connectivity index (χ3v) is 7.08. The molecule has 0 spiro atoms. The molecule has 8 nitrogen and oxygen atoms in total. The van der Waals surface area contributed by atoms with Crippen LogP contribution >= 0.6 is 0 Å². The van der Waals surface area contributed by atoms with Crippen LogP contribution in [0.2, 0.25) is 0 Å². The summed E-state index contributed by atoms with van der Waals surface area (Å²) in [5, 5.41) is 10.3. The molecule has 2 aliphatic rings. The molecule has 0 unspecified atom stereocenters. The number of aromatic nitrogens is 2. The average molecular weight is 499 g/mol. The van der Waals surface area contributed by atoms with Gasteiger partial charge in [0.05, 0.1) is 12.7 Å². The maximum Gasteiger partial charge on any atom is 0.330 e. The fraction of sp³-hybridized carbons (Fsp3) is 0.241. The zero-order valence-electron chi connectivity index (χ0n) is 20.2. The maximum absolute atomic E-state index is 12.6. The van der Waals surface area contributed by atoms with E-state index < -0.39 is 35.3 Å². The highest BCUT2D eigenvalue weighted by Crippen LogP contribution is 2.53. The number of hydrogen-bond donors (Lipinski definition) is 2. The zero-order valence-corrected chi connectivity index (χ0v) is 20.2. The molecule has 1 saturated heterocycles. The first-order chi connectivity index (χ1) is 18.0. The van der Waals surface area contributed by atoms with Crippen molar-refractivity contribution in [3.63, 3.8) is 0 Å². The Hall–Kier alpha value is -3.98. The van der Waals surface area contributed by atoms with E-state index in [1.54, 1.807) is 6.92 Å². The summed E-state index contributed by atoms with van der Waals surface area (Å²) in [5.74, 6) is 1.35. The van der Waals surface area contributed by atoms with Crippen molar-refractivity contribution in [2.45, 2.75) is 37.4 Å². The lowest BCUT2D eigenvalue weighted by Crippen LogP contribution is -2.42. The molecule has 2 N–H and O–H groups in total. The highest BCUT2D eigenvalue weighted by Gasteiger charge is 2.50. The normalized spacial score (nSPS) is 21.6. The fourth-order valence-electron chi connectivity index (χ4n) is 5.32. The van der Waals surface area contributed by atoms with Crippen LogP contribution in [0.5, 0.6) is 11.5 Å². The molecule has 4 aromatic rings. The number of rotatable bonds is 5. The molecule has 3 atom stereocenters. The second kappa shape index (κ2) is 9.15. The van der Waals surface area contributed by atoms with Gasteiger partial charge < -0.3 is 19.3 Å². The lowest BCUT2D eigenvalue weighted by molar-refractivity contribution is -0.101. The van der Waals surface area contributed by atoms with Crippen LogP contribution in [0.15, 0.2) is 94.6 Å². The number of aromatic amines is 1. The van der Waals surface area contributed by atoms with Crippen LogP contribution < -0.4 is 16.0 Å². The summed E-state index contributed by atoms with van der Waals surface area (Å²) >= 11 is 0. The van der Waals surface area contributed by atoms with E-state index in [1.165, 1.54) is 10.8 Å². The summed E-state index contributed by atoms with van der Waals surface area (Å²) in [6.45, 7) is 1.32. The number of aliphatic hydroxyl groups excluding tert-OH is 1. The van der Waals surface area contributed by atoms with E-state index in [0.717, 1.165) is 16.7 Å². The van der Waals surface area contributed by atoms with Gasteiger partial charge in [-0.2, -0.15) is 0 Å². The number of para-hydroxylation sites is 2. The Kier molecular flexibility index (Phi) is 5.79. The molecule has 1 aromatic heterocycles. The number of ether oxygens (including phenoxy) is 3. The third kappa shape index (κ3) is 3.81. The number of aliphatic hydroxyl groups is 1. The molecule has 3 aromatic carbocycles. The number of hydrogen-bond acceptors (Lipinski definition) is 6. The first kappa shape index (κ1) is 23.4. The summed E-state index contributed by atoms with van der Waals surface area (Å²) in [4.78, 5) is 26.8. The molecule has 0 aliphatic carbocycles. The van der Waals surface area contributed by atoms with Gasteiger partial charge in [-0.3, -0.25) is 14.3 Å². The van der Waals surface area contributed by atoms with Crippen molar-refractivity contribution in [1.29, 1.82) is 0 Å². The smallest absolute Gasteiger partial charge is 0.330 e. The van der Waals surface area contributed by atoms with E-state index >= 15 is 0 Å². The Balaban J connectivity index is 1.49. The molecule has 37 heavy (non-hydrogen) atoms. The number of fused-ring (bicyclic) bond motifs is 2. The standard InChI is InChI=1S/C29H26N2O6/c1-18-16-31(28(34)30-27(18)33)26-15-24(25(17-32)36-26)37-29(19-9-3-2-4-10-19)20-11-5-7-13-22(20)35-23-14-8-6-12-21(23)29/h2-14,16,24-26,32H,15,17H2,1H3,(H,30,33,34)/t24-,25+,26+/m0/s1. The molecule has 0 radical (unpaired) electrons. The minimum atomic E-state index is -1.06. The highest BCUT2D eigenvalue weighted by molar-refractivity contribution is 5.61. The molecule has 0 amide bonds. The van der Waals surface area contributed by atoms with Gasteiger partial charge in [-0.05, 0) is 24.6 Å². The minimum Gasteiger partial charge on any atom is -0.457 e. The number of benzene rings is 3. The minimum absolute atomic E-state index is 0.288. The van der Waals surface area contributed by atoms with Gasteiger partial charge in [-0.15, -0.1) is 0 Å². The van der Waals surface area contributed by atoms with Crippen LogP contribution in [-0.2, 0) is 15.1 Å². The molecule has 0 saturated carbocycles. The number of aryl methyl sites for hydroxylation is 1. The molecule has 188 valence electrons. The van der Waals surface area contributed by atoms with Crippen LogP contribution in [0.3, 0.4) is 0 Å². The lowest BCUT2D eigenvalue weighted by Gasteiger charge is -2.42. The molecule has 6 rings (SSSR count). The van der Waals surface area contributed by atoms with Crippen molar-refractivity contribution >= 4 is 0 Å². The molecule has 3 heterocycles. The Morgan fingerprint density at radius 2 is 1.59 bits per heavy atom. The van der Waals surface area contributed by atoms with E-state index in [2.05, 4.69) is 4.98 Å². The zero-order chi connectivity index (χ0) is 25.6. The molecule has 8 heteroatoms. The van der Waals surface area contributed by atoms with Crippen molar-refractivity contribution in [3.05, 3.63) is 128 Å². The predicted molar refractivity (Wildman–Crippen MR) is 136 cm³/mol. The Morgan fingerprint density at radius 3 is 2.24 bits per heavy atom. The van der Waals surface area contributed by atoms with Crippen LogP contribution in [0.4, 0.5) is 0 Å². The molecular formula is C29H26N2O6. The van der Waals surface area contributed by atoms with Crippen molar-refractivity contribution in [1.82, 2.24) is 9.55 Å². The molecule has 0 bridgehead atoms. The van der Waals surface area contributed by atoms with Gasteiger partial charge in [-0.25, -0.2) is 4.79 Å². The van der Waals surface area contributed by atoms with Gasteiger partial charge in [0, 0.05) is 29.3 Å². The molecule has 1 fully saturated rings. The summed E-state index contributed by atoms with van der Waals surface area (Å²) in [6, 6.07) is 25.4. The number of nitrogens with one attached hydrogen (secondary N) is 1. The van der Waals surface area contributed by atoms with Gasteiger partial charge in [0.1, 0.15) is 23.8 Å². The van der Waals surface area contributed by atoms with Gasteiger partial charge in [0.15, 0.2) is 5.60 Å². The lowest BCUT2D eigenvalue weighted by atomic mass is 9.77. The predicted octanol–water partition coefficient (Wildman–Crippen LogP) is 3.61. The topological polar surface area (TPSA) is 103 Å². The largest absolute Gasteiger partial charge is 0.457 e. The maximum atomic E-state index is 12.6. The quantitative estimate of drug-likeness (QED) is 0.436. The van der Waals surface area contributed by atoms with Crippen LogP contribution in [0.1, 0.15) is 34.9 Å². The van der Waals surface area contributed by atoms with Gasteiger partial charge in [0.25, 0.3) is 5.56 Å². The monoisotopic (exact) mass is 498 g/mol. The van der Waals surface area contributed by atoms with E-state index in [4.69, 9.17) is 14.2 Å². The van der Waals surface area contributed by atoms with Gasteiger partial charge in [0.2, 0.25) is 0 Å². The van der Waals surface area contributed by atoms with Crippen molar-refractivity contribution in [2.75, 3.05) is 6.61 Å². The SMILES string of the molecule is Cc1cn([C@H]2C[C@H](OC3(c4ccccc4)c4ccccc4Oc4ccccc43)[C@@H](CO)O2)c(=O)[nH]c1=O. The van der Waals surface area contributed by atoms with E-state index in [-0.39, 0.29) is 13.0 Å². The van der Waals surface area contributed by atoms with Crippen LogP contribution in [-0.4, -0.2) is 33.5 Å². The van der Waals surface area contributed by atoms with Crippen LogP contribution in [0, 0.1) is 6.92 Å². The van der Waals surface area contributed by atoms with E-state index in [1.807, 2.05) is 78.9 Å². The summed E-state index contributed by atoms with van der Waals surface area (Å²) in [5.41, 5.74) is 0.877. The first-order valence-electron chi connectivity index (χ1n) is 12.2. The van der Waals surface area contributed by atoms with E-state index in [9.17, 15) is 14.7 Å². The van der Waals surface area contributed by atoms with Crippen molar-refractivity contribution in [3.8, 4) is 11.5 Å². The third-order valence-electron chi connectivity index (χ3n) is 7.08.